The van der Waals surface area contributed by atoms with Gasteiger partial charge < -0.3 is 14.4 Å². The highest BCUT2D eigenvalue weighted by atomic mass is 32.2. The fraction of sp³-hybridized carbons (Fsp3) is 0.118. The number of aliphatic hydroxyl groups excluding tert-OH is 1. The Balaban J connectivity index is 1.24. The van der Waals surface area contributed by atoms with E-state index in [-0.39, 0.29) is 16.5 Å². The number of hydrogen-bond donors (Lipinski definition) is 1. The maximum absolute atomic E-state index is 13.9. The van der Waals surface area contributed by atoms with Gasteiger partial charge in [-0.2, -0.15) is 0 Å². The van der Waals surface area contributed by atoms with Crippen LogP contribution in [0.25, 0.3) is 21.7 Å². The number of Topliss-reactive ketones (excluding diaryl/α,β-unsaturated/α-hetero) is 1. The minimum atomic E-state index is -0.928. The molecule has 1 aliphatic heterocycles. The van der Waals surface area contributed by atoms with E-state index in [0.29, 0.717) is 21.2 Å². The van der Waals surface area contributed by atoms with E-state index in [1.165, 1.54) is 38.9 Å². The summed E-state index contributed by atoms with van der Waals surface area (Å²) in [5.74, 6) is -1.20. The van der Waals surface area contributed by atoms with Gasteiger partial charge in [-0.15, -0.1) is 10.2 Å². The SMILES string of the molecule is CN(C)c1ccc([C@@H]2C(C(=O)c3cc4ccccc4o3)=C(O)C(=O)N2c2nnc(SCc3cccc4ccccc34)s2)cc1. The fourth-order valence-electron chi connectivity index (χ4n) is 5.45. The molecule has 0 spiro atoms. The van der Waals surface area contributed by atoms with Crippen LogP contribution in [-0.4, -0.2) is 41.1 Å². The Morgan fingerprint density at radius 1 is 0.955 bits per heavy atom. The van der Waals surface area contributed by atoms with E-state index in [4.69, 9.17) is 4.42 Å². The minimum absolute atomic E-state index is 0.0425. The Labute approximate surface area is 261 Å². The average molecular weight is 619 g/mol. The molecule has 6 aromatic rings. The third kappa shape index (κ3) is 4.91. The number of carbonyl (C=O) groups excluding carboxylic acids is 2. The van der Waals surface area contributed by atoms with Crippen molar-refractivity contribution in [2.75, 3.05) is 23.9 Å². The first kappa shape index (κ1) is 27.9. The maximum atomic E-state index is 13.9. The lowest BCUT2D eigenvalue weighted by molar-refractivity contribution is -0.117. The Kier molecular flexibility index (Phi) is 7.15. The highest BCUT2D eigenvalue weighted by Crippen LogP contribution is 2.44. The van der Waals surface area contributed by atoms with Crippen LogP contribution in [0.2, 0.25) is 0 Å². The number of rotatable bonds is 8. The number of fused-ring (bicyclic) bond motifs is 2. The van der Waals surface area contributed by atoms with Crippen LogP contribution < -0.4 is 9.80 Å². The summed E-state index contributed by atoms with van der Waals surface area (Å²) in [6.45, 7) is 0. The summed E-state index contributed by atoms with van der Waals surface area (Å²) in [7, 11) is 3.86. The lowest BCUT2D eigenvalue weighted by atomic mass is 9.95. The van der Waals surface area contributed by atoms with Crippen LogP contribution in [-0.2, 0) is 10.5 Å². The van der Waals surface area contributed by atoms with Crippen molar-refractivity contribution in [1.29, 1.82) is 0 Å². The zero-order valence-electron chi connectivity index (χ0n) is 23.8. The number of furan rings is 1. The second kappa shape index (κ2) is 11.3. The van der Waals surface area contributed by atoms with Crippen LogP contribution in [0.4, 0.5) is 10.8 Å². The number of benzene rings is 4. The lowest BCUT2D eigenvalue weighted by Crippen LogP contribution is -2.31. The van der Waals surface area contributed by atoms with Gasteiger partial charge in [0.1, 0.15) is 5.58 Å². The number of ketones is 1. The van der Waals surface area contributed by atoms with E-state index in [9.17, 15) is 14.7 Å². The van der Waals surface area contributed by atoms with Crippen molar-refractivity contribution in [3.63, 3.8) is 0 Å². The van der Waals surface area contributed by atoms with Crippen molar-refractivity contribution in [3.05, 3.63) is 125 Å². The fourth-order valence-corrected chi connectivity index (χ4v) is 7.32. The summed E-state index contributed by atoms with van der Waals surface area (Å²) in [6, 6.07) is 29.9. The largest absolute Gasteiger partial charge is 0.503 e. The summed E-state index contributed by atoms with van der Waals surface area (Å²) >= 11 is 2.77. The molecule has 3 heterocycles. The molecule has 2 aromatic heterocycles. The first-order valence-electron chi connectivity index (χ1n) is 13.9. The summed E-state index contributed by atoms with van der Waals surface area (Å²) in [5, 5.41) is 23.3. The van der Waals surface area contributed by atoms with E-state index in [0.717, 1.165) is 16.5 Å². The predicted molar refractivity (Wildman–Crippen MR) is 175 cm³/mol. The molecule has 1 amide bonds. The first-order valence-corrected chi connectivity index (χ1v) is 15.7. The topological polar surface area (TPSA) is 99.8 Å². The van der Waals surface area contributed by atoms with Gasteiger partial charge in [-0.1, -0.05) is 95.9 Å². The van der Waals surface area contributed by atoms with Crippen molar-refractivity contribution in [3.8, 4) is 0 Å². The van der Waals surface area contributed by atoms with Crippen molar-refractivity contribution < 1.29 is 19.1 Å². The molecule has 218 valence electrons. The molecule has 0 radical (unpaired) electrons. The molecule has 10 heteroatoms. The van der Waals surface area contributed by atoms with E-state index in [1.807, 2.05) is 79.7 Å². The van der Waals surface area contributed by atoms with Gasteiger partial charge in [-0.05, 0) is 46.2 Å². The van der Waals surface area contributed by atoms with E-state index in [2.05, 4.69) is 34.5 Å². The molecule has 7 rings (SSSR count). The molecule has 0 saturated heterocycles. The second-order valence-corrected chi connectivity index (χ2v) is 12.8. The Bertz CT molecular complexity index is 2040. The number of nitrogens with zero attached hydrogens (tertiary/aromatic N) is 4. The van der Waals surface area contributed by atoms with Crippen LogP contribution in [0.3, 0.4) is 0 Å². The van der Waals surface area contributed by atoms with Crippen LogP contribution in [0.5, 0.6) is 0 Å². The van der Waals surface area contributed by atoms with Gasteiger partial charge in [0.05, 0.1) is 11.6 Å². The van der Waals surface area contributed by atoms with Gasteiger partial charge in [-0.25, -0.2) is 0 Å². The monoisotopic (exact) mass is 618 g/mol. The highest BCUT2D eigenvalue weighted by molar-refractivity contribution is 8.00. The van der Waals surface area contributed by atoms with Crippen molar-refractivity contribution in [2.24, 2.45) is 0 Å². The number of hydrogen-bond acceptors (Lipinski definition) is 9. The molecule has 0 saturated carbocycles. The van der Waals surface area contributed by atoms with Gasteiger partial charge in [0, 0.05) is 30.9 Å². The van der Waals surface area contributed by atoms with E-state index in [1.54, 1.807) is 12.1 Å². The third-order valence-corrected chi connectivity index (χ3v) is 9.76. The Hall–Kier alpha value is -4.93. The summed E-state index contributed by atoms with van der Waals surface area (Å²) in [6.07, 6.45) is 0. The van der Waals surface area contributed by atoms with Crippen molar-refractivity contribution >= 4 is 67.3 Å². The highest BCUT2D eigenvalue weighted by Gasteiger charge is 2.46. The number of carbonyl (C=O) groups is 2. The summed E-state index contributed by atoms with van der Waals surface area (Å²) in [4.78, 5) is 30.9. The summed E-state index contributed by atoms with van der Waals surface area (Å²) in [5.41, 5.74) is 3.24. The number of thioether (sulfide) groups is 1. The molecule has 4 aromatic carbocycles. The van der Waals surface area contributed by atoms with Gasteiger partial charge in [-0.3, -0.25) is 14.5 Å². The average Bonchev–Trinajstić information content (AvgIpc) is 3.76. The van der Waals surface area contributed by atoms with Gasteiger partial charge >= 0.3 is 0 Å². The Morgan fingerprint density at radius 3 is 2.45 bits per heavy atom. The number of amides is 1. The minimum Gasteiger partial charge on any atom is -0.503 e. The molecule has 44 heavy (non-hydrogen) atoms. The Morgan fingerprint density at radius 2 is 1.68 bits per heavy atom. The molecule has 1 atom stereocenters. The number of para-hydroxylation sites is 1. The van der Waals surface area contributed by atoms with Gasteiger partial charge in [0.15, 0.2) is 15.9 Å². The molecule has 0 fully saturated rings. The third-order valence-electron chi connectivity index (χ3n) is 7.66. The van der Waals surface area contributed by atoms with Gasteiger partial charge in [0.25, 0.3) is 5.91 Å². The van der Waals surface area contributed by atoms with E-state index < -0.39 is 23.5 Å². The number of anilines is 2. The van der Waals surface area contributed by atoms with Crippen LogP contribution in [0.1, 0.15) is 27.7 Å². The number of aromatic nitrogens is 2. The standard InChI is InChI=1S/C34H26N4O4S2/c1-37(2)24-16-14-21(15-17-24)29-28(30(39)27-18-22-9-4-6-13-26(22)42-27)31(40)32(41)38(29)33-35-36-34(44-33)43-19-23-11-7-10-20-8-3-5-12-25(20)23/h3-18,29,40H,19H2,1-2H3/t29-/m1/s1. The molecule has 0 unspecified atom stereocenters. The second-order valence-electron chi connectivity index (χ2n) is 10.6. The quantitative estimate of drug-likeness (QED) is 0.106. The zero-order chi connectivity index (χ0) is 30.4. The molecule has 1 aliphatic rings. The van der Waals surface area contributed by atoms with Crippen LogP contribution in [0, 0.1) is 0 Å². The lowest BCUT2D eigenvalue weighted by Gasteiger charge is -2.24. The molecular weight excluding hydrogens is 593 g/mol. The van der Waals surface area contributed by atoms with Crippen molar-refractivity contribution in [2.45, 2.75) is 16.1 Å². The summed E-state index contributed by atoms with van der Waals surface area (Å²) < 4.78 is 6.52. The zero-order valence-corrected chi connectivity index (χ0v) is 25.4. The van der Waals surface area contributed by atoms with Crippen LogP contribution in [0.15, 0.2) is 117 Å². The molecule has 0 bridgehead atoms. The first-order chi connectivity index (χ1) is 21.4. The molecule has 1 N–H and O–H groups in total. The predicted octanol–water partition coefficient (Wildman–Crippen LogP) is 7.58. The van der Waals surface area contributed by atoms with Gasteiger partial charge in [0.2, 0.25) is 10.9 Å². The maximum Gasteiger partial charge on any atom is 0.296 e. The van der Waals surface area contributed by atoms with E-state index >= 15 is 0 Å². The number of aliphatic hydroxyl groups is 1. The molecule has 8 nitrogen and oxygen atoms in total. The van der Waals surface area contributed by atoms with Crippen LogP contribution >= 0.6 is 23.1 Å². The smallest absolute Gasteiger partial charge is 0.296 e. The van der Waals surface area contributed by atoms with Crippen molar-refractivity contribution in [1.82, 2.24) is 10.2 Å². The molecular formula is C34H26N4O4S2. The molecule has 0 aliphatic carbocycles. The normalized spacial score (nSPS) is 15.1.